The van der Waals surface area contributed by atoms with Crippen LogP contribution < -0.4 is 0 Å². The Morgan fingerprint density at radius 2 is 2.08 bits per heavy atom. The fourth-order valence-corrected chi connectivity index (χ4v) is 1.43. The third-order valence-corrected chi connectivity index (χ3v) is 2.16. The lowest BCUT2D eigenvalue weighted by Crippen LogP contribution is -1.90. The zero-order valence-electron chi connectivity index (χ0n) is 6.89. The van der Waals surface area contributed by atoms with Crippen molar-refractivity contribution >= 4 is 17.9 Å². The average molecular weight is 185 g/mol. The molecule has 0 saturated heterocycles. The van der Waals surface area contributed by atoms with Gasteiger partial charge in [0.05, 0.1) is 5.02 Å². The lowest BCUT2D eigenvalue weighted by Gasteiger charge is -2.06. The van der Waals surface area contributed by atoms with Gasteiger partial charge in [-0.2, -0.15) is 0 Å². The van der Waals surface area contributed by atoms with Crippen LogP contribution in [-0.2, 0) is 0 Å². The Labute approximate surface area is 75.8 Å². The second kappa shape index (κ2) is 3.15. The second-order valence-electron chi connectivity index (χ2n) is 2.68. The molecule has 1 aromatic rings. The van der Waals surface area contributed by atoms with Gasteiger partial charge in [0, 0.05) is 11.1 Å². The summed E-state index contributed by atoms with van der Waals surface area (Å²) in [5, 5.41) is 9.81. The number of aldehydes is 1. The van der Waals surface area contributed by atoms with Crippen LogP contribution in [0.3, 0.4) is 0 Å². The number of aromatic hydroxyl groups is 1. The van der Waals surface area contributed by atoms with Crippen LogP contribution in [0.15, 0.2) is 6.07 Å². The summed E-state index contributed by atoms with van der Waals surface area (Å²) in [6.07, 6.45) is 0.650. The molecule has 0 aliphatic rings. The molecule has 0 spiro atoms. The summed E-state index contributed by atoms with van der Waals surface area (Å²) in [6, 6.07) is 1.58. The maximum Gasteiger partial charge on any atom is 0.151 e. The smallest absolute Gasteiger partial charge is 0.151 e. The Kier molecular flexibility index (Phi) is 2.38. The normalized spacial score (nSPS) is 9.92. The predicted molar refractivity (Wildman–Crippen MR) is 48.0 cm³/mol. The second-order valence-corrected chi connectivity index (χ2v) is 3.09. The van der Waals surface area contributed by atoms with Gasteiger partial charge in [-0.1, -0.05) is 11.6 Å². The molecule has 0 bridgehead atoms. The van der Waals surface area contributed by atoms with Crippen molar-refractivity contribution in [3.05, 3.63) is 27.8 Å². The van der Waals surface area contributed by atoms with Crippen LogP contribution in [0.5, 0.6) is 5.75 Å². The van der Waals surface area contributed by atoms with E-state index >= 15 is 0 Å². The number of hydrogen-bond donors (Lipinski definition) is 1. The first kappa shape index (κ1) is 9.07. The predicted octanol–water partition coefficient (Wildman–Crippen LogP) is 2.47. The highest BCUT2D eigenvalue weighted by Crippen LogP contribution is 2.29. The van der Waals surface area contributed by atoms with Crippen molar-refractivity contribution < 1.29 is 9.90 Å². The van der Waals surface area contributed by atoms with E-state index in [0.29, 0.717) is 28.0 Å². The molecular formula is C9H9ClO2. The Hall–Kier alpha value is -1.02. The molecule has 1 rings (SSSR count). The zero-order chi connectivity index (χ0) is 9.30. The molecule has 3 heteroatoms. The van der Waals surface area contributed by atoms with Crippen molar-refractivity contribution in [2.75, 3.05) is 0 Å². The Morgan fingerprint density at radius 1 is 1.50 bits per heavy atom. The molecule has 0 radical (unpaired) electrons. The maximum atomic E-state index is 10.5. The van der Waals surface area contributed by atoms with Gasteiger partial charge in [-0.3, -0.25) is 4.79 Å². The Morgan fingerprint density at radius 3 is 2.58 bits per heavy atom. The Balaban J connectivity index is 3.51. The van der Waals surface area contributed by atoms with Crippen LogP contribution in [0.1, 0.15) is 21.5 Å². The number of carbonyl (C=O) groups is 1. The highest BCUT2D eigenvalue weighted by molar-refractivity contribution is 6.33. The average Bonchev–Trinajstić information content (AvgIpc) is 2.01. The minimum Gasteiger partial charge on any atom is -0.507 e. The molecule has 64 valence electrons. The first-order valence-electron chi connectivity index (χ1n) is 3.51. The van der Waals surface area contributed by atoms with Crippen molar-refractivity contribution in [1.29, 1.82) is 0 Å². The quantitative estimate of drug-likeness (QED) is 0.681. The third-order valence-electron chi connectivity index (χ3n) is 1.85. The highest BCUT2D eigenvalue weighted by atomic mass is 35.5. The van der Waals surface area contributed by atoms with Gasteiger partial charge in [0.25, 0.3) is 0 Å². The number of rotatable bonds is 1. The fourth-order valence-electron chi connectivity index (χ4n) is 1.08. The van der Waals surface area contributed by atoms with Crippen LogP contribution in [-0.4, -0.2) is 11.4 Å². The van der Waals surface area contributed by atoms with Gasteiger partial charge in [-0.05, 0) is 25.5 Å². The van der Waals surface area contributed by atoms with Crippen molar-refractivity contribution in [3.63, 3.8) is 0 Å². The number of aryl methyl sites for hydroxylation is 1. The molecule has 0 aromatic heterocycles. The molecule has 0 atom stereocenters. The van der Waals surface area contributed by atoms with E-state index in [4.69, 9.17) is 11.6 Å². The summed E-state index contributed by atoms with van der Waals surface area (Å²) >= 11 is 5.76. The minimum atomic E-state index is 0.140. The van der Waals surface area contributed by atoms with Gasteiger partial charge in [0.1, 0.15) is 5.75 Å². The molecule has 1 aromatic carbocycles. The van der Waals surface area contributed by atoms with Gasteiger partial charge in [-0.25, -0.2) is 0 Å². The van der Waals surface area contributed by atoms with Crippen molar-refractivity contribution in [2.45, 2.75) is 13.8 Å². The summed E-state index contributed by atoms with van der Waals surface area (Å²) in [5.41, 5.74) is 1.58. The summed E-state index contributed by atoms with van der Waals surface area (Å²) in [5.74, 6) is 0.140. The molecule has 0 aliphatic heterocycles. The monoisotopic (exact) mass is 184 g/mol. The maximum absolute atomic E-state index is 10.5. The summed E-state index contributed by atoms with van der Waals surface area (Å²) in [7, 11) is 0. The molecular weight excluding hydrogens is 176 g/mol. The topological polar surface area (TPSA) is 37.3 Å². The SMILES string of the molecule is Cc1cc(Cl)c(C=O)c(C)c1O. The number of halogens is 1. The van der Waals surface area contributed by atoms with Gasteiger partial charge in [-0.15, -0.1) is 0 Å². The number of phenolic OH excluding ortho intramolecular Hbond substituents is 1. The molecule has 12 heavy (non-hydrogen) atoms. The highest BCUT2D eigenvalue weighted by Gasteiger charge is 2.09. The molecule has 0 fully saturated rings. The molecule has 0 heterocycles. The molecule has 0 amide bonds. The van der Waals surface area contributed by atoms with Crippen LogP contribution >= 0.6 is 11.6 Å². The van der Waals surface area contributed by atoms with E-state index in [2.05, 4.69) is 0 Å². The third kappa shape index (κ3) is 1.30. The van der Waals surface area contributed by atoms with E-state index < -0.39 is 0 Å². The lowest BCUT2D eigenvalue weighted by atomic mass is 10.1. The van der Waals surface area contributed by atoms with Crippen molar-refractivity contribution in [2.24, 2.45) is 0 Å². The van der Waals surface area contributed by atoms with Crippen molar-refractivity contribution in [3.8, 4) is 5.75 Å². The van der Waals surface area contributed by atoms with Gasteiger partial charge < -0.3 is 5.11 Å². The van der Waals surface area contributed by atoms with E-state index in [1.54, 1.807) is 19.9 Å². The number of phenols is 1. The molecule has 0 saturated carbocycles. The van der Waals surface area contributed by atoms with E-state index in [9.17, 15) is 9.90 Å². The van der Waals surface area contributed by atoms with E-state index in [1.807, 2.05) is 0 Å². The number of benzene rings is 1. The molecule has 1 N–H and O–H groups in total. The largest absolute Gasteiger partial charge is 0.507 e. The summed E-state index contributed by atoms with van der Waals surface area (Å²) < 4.78 is 0. The van der Waals surface area contributed by atoms with Crippen LogP contribution in [0.25, 0.3) is 0 Å². The molecule has 2 nitrogen and oxygen atoms in total. The lowest BCUT2D eigenvalue weighted by molar-refractivity contribution is 0.112. The minimum absolute atomic E-state index is 0.140. The van der Waals surface area contributed by atoms with E-state index in [-0.39, 0.29) is 5.75 Å². The van der Waals surface area contributed by atoms with E-state index in [0.717, 1.165) is 0 Å². The van der Waals surface area contributed by atoms with Gasteiger partial charge in [0.15, 0.2) is 6.29 Å². The van der Waals surface area contributed by atoms with Gasteiger partial charge in [0.2, 0.25) is 0 Å². The zero-order valence-corrected chi connectivity index (χ0v) is 7.64. The summed E-state index contributed by atoms with van der Waals surface area (Å²) in [4.78, 5) is 10.5. The standard InChI is InChI=1S/C9H9ClO2/c1-5-3-8(10)7(4-11)6(2)9(5)12/h3-4,12H,1-2H3. The van der Waals surface area contributed by atoms with Crippen LogP contribution in [0.2, 0.25) is 5.02 Å². The summed E-state index contributed by atoms with van der Waals surface area (Å²) in [6.45, 7) is 3.40. The van der Waals surface area contributed by atoms with E-state index in [1.165, 1.54) is 0 Å². The Bertz CT molecular complexity index is 332. The first-order chi connectivity index (χ1) is 5.57. The van der Waals surface area contributed by atoms with Crippen molar-refractivity contribution in [1.82, 2.24) is 0 Å². The van der Waals surface area contributed by atoms with Crippen LogP contribution in [0.4, 0.5) is 0 Å². The van der Waals surface area contributed by atoms with Crippen LogP contribution in [0, 0.1) is 13.8 Å². The number of hydrogen-bond acceptors (Lipinski definition) is 2. The molecule has 0 aliphatic carbocycles. The molecule has 0 unspecified atom stereocenters. The first-order valence-corrected chi connectivity index (χ1v) is 3.89. The number of carbonyl (C=O) groups excluding carboxylic acids is 1. The van der Waals surface area contributed by atoms with Gasteiger partial charge >= 0.3 is 0 Å². The fraction of sp³-hybridized carbons (Fsp3) is 0.222.